The van der Waals surface area contributed by atoms with Gasteiger partial charge in [0.15, 0.2) is 0 Å². The first-order valence-corrected chi connectivity index (χ1v) is 7.29. The number of rotatable bonds is 3. The van der Waals surface area contributed by atoms with Crippen LogP contribution in [0.4, 0.5) is 11.4 Å². The molecular weight excluding hydrogens is 308 g/mol. The summed E-state index contributed by atoms with van der Waals surface area (Å²) in [6, 6.07) is 14.0. The Labute approximate surface area is 129 Å². The zero-order valence-corrected chi connectivity index (χ0v) is 12.3. The summed E-state index contributed by atoms with van der Waals surface area (Å²) in [5, 5.41) is 12.3. The molecule has 3 rings (SSSR count). The van der Waals surface area contributed by atoms with Crippen LogP contribution in [0.5, 0.6) is 0 Å². The van der Waals surface area contributed by atoms with Crippen LogP contribution in [-0.4, -0.2) is 11.1 Å². The lowest BCUT2D eigenvalue weighted by atomic mass is 10.2. The molecule has 0 saturated carbocycles. The van der Waals surface area contributed by atoms with Gasteiger partial charge in [-0.05, 0) is 41.8 Å². The minimum Gasteiger partial charge on any atom is -0.258 e. The van der Waals surface area contributed by atoms with Crippen LogP contribution in [0.25, 0.3) is 10.1 Å². The van der Waals surface area contributed by atoms with Crippen molar-refractivity contribution in [3.63, 3.8) is 0 Å². The number of non-ortho nitro benzene ring substituents is 1. The first-order chi connectivity index (χ1) is 10.1. The second-order valence-electron chi connectivity index (χ2n) is 4.36. The van der Waals surface area contributed by atoms with Crippen molar-refractivity contribution in [2.45, 2.75) is 0 Å². The van der Waals surface area contributed by atoms with Gasteiger partial charge in [0.1, 0.15) is 0 Å². The molecule has 0 bridgehead atoms. The predicted octanol–water partition coefficient (Wildman–Crippen LogP) is 5.21. The SMILES string of the molecule is O=[N+]([O-])c1ccc2sc(C=Nc3ccc(Cl)cc3)cc2c1. The number of nitro groups is 1. The van der Waals surface area contributed by atoms with Gasteiger partial charge in [-0.2, -0.15) is 0 Å². The topological polar surface area (TPSA) is 55.5 Å². The van der Waals surface area contributed by atoms with E-state index in [1.54, 1.807) is 41.8 Å². The summed E-state index contributed by atoms with van der Waals surface area (Å²) in [4.78, 5) is 15.7. The number of aliphatic imine (C=N–C) groups is 1. The summed E-state index contributed by atoms with van der Waals surface area (Å²) in [7, 11) is 0. The third kappa shape index (κ3) is 3.09. The van der Waals surface area contributed by atoms with Crippen molar-refractivity contribution < 1.29 is 4.92 Å². The number of hydrogen-bond acceptors (Lipinski definition) is 4. The lowest BCUT2D eigenvalue weighted by Gasteiger charge is -1.92. The largest absolute Gasteiger partial charge is 0.270 e. The maximum absolute atomic E-state index is 10.8. The van der Waals surface area contributed by atoms with Crippen LogP contribution in [0.2, 0.25) is 5.02 Å². The molecule has 0 aliphatic rings. The molecule has 0 spiro atoms. The highest BCUT2D eigenvalue weighted by atomic mass is 35.5. The van der Waals surface area contributed by atoms with E-state index in [-0.39, 0.29) is 5.69 Å². The fraction of sp³-hybridized carbons (Fsp3) is 0. The molecule has 1 aromatic heterocycles. The lowest BCUT2D eigenvalue weighted by molar-refractivity contribution is -0.384. The summed E-state index contributed by atoms with van der Waals surface area (Å²) in [6.07, 6.45) is 1.75. The van der Waals surface area contributed by atoms with Crippen LogP contribution in [-0.2, 0) is 0 Å². The Hall–Kier alpha value is -2.24. The van der Waals surface area contributed by atoms with E-state index in [1.165, 1.54) is 6.07 Å². The van der Waals surface area contributed by atoms with Gasteiger partial charge in [0, 0.05) is 32.9 Å². The standard InChI is InChI=1S/C15H9ClN2O2S/c16-11-1-3-12(4-2-11)17-9-14-8-10-7-13(18(19)20)5-6-15(10)21-14/h1-9H. The van der Waals surface area contributed by atoms with E-state index in [0.29, 0.717) is 5.02 Å². The first-order valence-electron chi connectivity index (χ1n) is 6.09. The van der Waals surface area contributed by atoms with Crippen LogP contribution in [0.15, 0.2) is 53.5 Å². The second kappa shape index (κ2) is 5.63. The number of hydrogen-bond donors (Lipinski definition) is 0. The summed E-state index contributed by atoms with van der Waals surface area (Å²) in [5.41, 5.74) is 0.907. The molecule has 0 saturated heterocycles. The highest BCUT2D eigenvalue weighted by Gasteiger charge is 2.08. The van der Waals surface area contributed by atoms with E-state index in [9.17, 15) is 10.1 Å². The van der Waals surface area contributed by atoms with Crippen molar-refractivity contribution in [2.75, 3.05) is 0 Å². The van der Waals surface area contributed by atoms with Gasteiger partial charge >= 0.3 is 0 Å². The van der Waals surface area contributed by atoms with Crippen molar-refractivity contribution in [3.8, 4) is 0 Å². The molecule has 1 heterocycles. The van der Waals surface area contributed by atoms with Crippen molar-refractivity contribution in [3.05, 3.63) is 68.5 Å². The highest BCUT2D eigenvalue weighted by Crippen LogP contribution is 2.28. The van der Waals surface area contributed by atoms with E-state index in [4.69, 9.17) is 11.6 Å². The maximum Gasteiger partial charge on any atom is 0.270 e. The van der Waals surface area contributed by atoms with Gasteiger partial charge in [0.25, 0.3) is 5.69 Å². The van der Waals surface area contributed by atoms with Crippen LogP contribution in [0, 0.1) is 10.1 Å². The monoisotopic (exact) mass is 316 g/mol. The number of benzene rings is 2. The maximum atomic E-state index is 10.8. The zero-order valence-electron chi connectivity index (χ0n) is 10.7. The fourth-order valence-electron chi connectivity index (χ4n) is 1.89. The number of nitro benzene ring substituents is 1. The average molecular weight is 317 g/mol. The van der Waals surface area contributed by atoms with Crippen molar-refractivity contribution in [1.29, 1.82) is 0 Å². The summed E-state index contributed by atoms with van der Waals surface area (Å²) < 4.78 is 0.998. The minimum atomic E-state index is -0.390. The van der Waals surface area contributed by atoms with Gasteiger partial charge in [-0.1, -0.05) is 11.6 Å². The number of thiophene rings is 1. The van der Waals surface area contributed by atoms with E-state index in [0.717, 1.165) is 20.7 Å². The number of fused-ring (bicyclic) bond motifs is 1. The highest BCUT2D eigenvalue weighted by molar-refractivity contribution is 7.20. The summed E-state index contributed by atoms with van der Waals surface area (Å²) >= 11 is 7.36. The molecule has 0 atom stereocenters. The molecule has 21 heavy (non-hydrogen) atoms. The summed E-state index contributed by atoms with van der Waals surface area (Å²) in [6.45, 7) is 0. The van der Waals surface area contributed by atoms with E-state index >= 15 is 0 Å². The Kier molecular flexibility index (Phi) is 3.68. The molecule has 0 unspecified atom stereocenters. The Morgan fingerprint density at radius 3 is 2.62 bits per heavy atom. The third-order valence-electron chi connectivity index (χ3n) is 2.90. The molecule has 104 valence electrons. The molecular formula is C15H9ClN2O2S. The molecule has 3 aromatic rings. The fourth-order valence-corrected chi connectivity index (χ4v) is 2.94. The molecule has 0 radical (unpaired) electrons. The van der Waals surface area contributed by atoms with Gasteiger partial charge in [0.05, 0.1) is 10.6 Å². The van der Waals surface area contributed by atoms with Crippen molar-refractivity contribution in [2.24, 2.45) is 4.99 Å². The van der Waals surface area contributed by atoms with E-state index in [1.807, 2.05) is 18.2 Å². The number of nitrogens with zero attached hydrogens (tertiary/aromatic N) is 2. The van der Waals surface area contributed by atoms with Gasteiger partial charge in [0.2, 0.25) is 0 Å². The van der Waals surface area contributed by atoms with Gasteiger partial charge in [-0.25, -0.2) is 0 Å². The first kappa shape index (κ1) is 13.7. The van der Waals surface area contributed by atoms with Gasteiger partial charge in [-0.15, -0.1) is 11.3 Å². The van der Waals surface area contributed by atoms with Crippen LogP contribution >= 0.6 is 22.9 Å². The quantitative estimate of drug-likeness (QED) is 0.378. The minimum absolute atomic E-state index is 0.0986. The molecule has 0 aliphatic heterocycles. The van der Waals surface area contributed by atoms with Crippen LogP contribution in [0.3, 0.4) is 0 Å². The smallest absolute Gasteiger partial charge is 0.258 e. The van der Waals surface area contributed by atoms with E-state index < -0.39 is 4.92 Å². The molecule has 0 amide bonds. The molecule has 0 N–H and O–H groups in total. The van der Waals surface area contributed by atoms with Gasteiger partial charge in [-0.3, -0.25) is 15.1 Å². The van der Waals surface area contributed by atoms with Crippen LogP contribution < -0.4 is 0 Å². The van der Waals surface area contributed by atoms with Crippen molar-refractivity contribution >= 4 is 50.6 Å². The molecule has 4 nitrogen and oxygen atoms in total. The second-order valence-corrected chi connectivity index (χ2v) is 5.91. The summed E-state index contributed by atoms with van der Waals surface area (Å²) in [5.74, 6) is 0. The number of halogens is 1. The Bertz CT molecular complexity index is 841. The lowest BCUT2D eigenvalue weighted by Crippen LogP contribution is -1.85. The van der Waals surface area contributed by atoms with Crippen LogP contribution in [0.1, 0.15) is 4.88 Å². The molecule has 0 fully saturated rings. The Morgan fingerprint density at radius 2 is 1.90 bits per heavy atom. The van der Waals surface area contributed by atoms with Gasteiger partial charge < -0.3 is 0 Å². The normalized spacial score (nSPS) is 11.3. The Balaban J connectivity index is 1.90. The molecule has 0 aliphatic carbocycles. The predicted molar refractivity (Wildman–Crippen MR) is 87.2 cm³/mol. The Morgan fingerprint density at radius 1 is 1.14 bits per heavy atom. The molecule has 2 aromatic carbocycles. The zero-order chi connectivity index (χ0) is 14.8. The molecule has 6 heteroatoms. The average Bonchev–Trinajstić information content (AvgIpc) is 2.88. The third-order valence-corrected chi connectivity index (χ3v) is 4.20. The van der Waals surface area contributed by atoms with Crippen molar-refractivity contribution in [1.82, 2.24) is 0 Å². The van der Waals surface area contributed by atoms with E-state index in [2.05, 4.69) is 4.99 Å².